The molecule has 0 aromatic heterocycles. The Balaban J connectivity index is 0.00000288. The van der Waals surface area contributed by atoms with Gasteiger partial charge in [0.2, 0.25) is 0 Å². The summed E-state index contributed by atoms with van der Waals surface area (Å²) in [6, 6.07) is 9.27. The number of rotatable bonds is 6. The maximum atomic E-state index is 11.1. The average Bonchev–Trinajstić information content (AvgIpc) is 2.52. The molecule has 0 radical (unpaired) electrons. The number of quaternary nitrogens is 1. The zero-order valence-corrected chi connectivity index (χ0v) is 14.5. The zero-order valence-electron chi connectivity index (χ0n) is 13.7. The number of methoxy groups -OCH3 is 2. The Bertz CT molecular complexity index is 797. The van der Waals surface area contributed by atoms with Crippen molar-refractivity contribution in [3.8, 4) is 11.5 Å². The third-order valence-corrected chi connectivity index (χ3v) is 4.00. The van der Waals surface area contributed by atoms with E-state index in [1.807, 2.05) is 0 Å². The van der Waals surface area contributed by atoms with Gasteiger partial charge < -0.3 is 25.8 Å². The first-order chi connectivity index (χ1) is 10.8. The minimum Gasteiger partial charge on any atom is -0.560 e. The molecule has 6 N–H and O–H groups in total. The van der Waals surface area contributed by atoms with E-state index in [4.69, 9.17) is 14.6 Å². The van der Waals surface area contributed by atoms with E-state index in [0.29, 0.717) is 28.6 Å². The number of anilines is 2. The molecule has 0 amide bonds. The Hall–Kier alpha value is -1.89. The van der Waals surface area contributed by atoms with Crippen LogP contribution in [-0.2, 0) is 10.0 Å². The predicted octanol–water partition coefficient (Wildman–Crippen LogP) is -1.24. The van der Waals surface area contributed by atoms with Crippen LogP contribution < -0.4 is 44.9 Å². The van der Waals surface area contributed by atoms with Crippen molar-refractivity contribution in [2.45, 2.75) is 4.90 Å². The molecule has 0 aliphatic heterocycles. The second-order valence-corrected chi connectivity index (χ2v) is 6.12. The van der Waals surface area contributed by atoms with Crippen LogP contribution in [0.5, 0.6) is 11.5 Å². The van der Waals surface area contributed by atoms with Gasteiger partial charge in [-0.25, -0.2) is 8.42 Å². The van der Waals surface area contributed by atoms with Crippen molar-refractivity contribution in [2.24, 2.45) is 0 Å². The fourth-order valence-corrected chi connectivity index (χ4v) is 2.41. The summed E-state index contributed by atoms with van der Waals surface area (Å²) in [6.07, 6.45) is 0. The molecule has 124 valence electrons. The van der Waals surface area contributed by atoms with Gasteiger partial charge in [-0.2, -0.15) is 0 Å². The molecule has 10 heteroatoms. The maximum absolute atomic E-state index is 11.1. The van der Waals surface area contributed by atoms with E-state index in [1.165, 1.54) is 12.1 Å². The molecule has 0 bridgehead atoms. The number of nitrogens with one attached hydrogen (secondary N) is 3. The predicted molar refractivity (Wildman–Crippen MR) is 87.3 cm³/mol. The van der Waals surface area contributed by atoms with E-state index >= 15 is 0 Å². The Morgan fingerprint density at radius 2 is 1.58 bits per heavy atom. The van der Waals surface area contributed by atoms with Gasteiger partial charge in [0.1, 0.15) is 11.4 Å². The maximum Gasteiger partial charge on any atom is 1.00 e. The quantitative estimate of drug-likeness (QED) is 0.444. The van der Waals surface area contributed by atoms with Crippen molar-refractivity contribution in [2.75, 3.05) is 25.1 Å². The SMILES string of the molecule is COc1cc(NNc2ccc(S([NH-])(=O)=O)cc2)c(OC)cc1[NH3+].[Li+]. The second-order valence-electron chi connectivity index (χ2n) is 4.64. The molecule has 0 saturated heterocycles. The Kier molecular flexibility index (Phi) is 6.95. The standard InChI is InChI=1S/C14H17N4O4S.Li/c1-21-13-8-12(14(22-2)7-11(13)15)18-17-9-3-5-10(6-4-9)23(16,19)20;/h3-8,17-18H,15H2,1-2H3,(H-,16,19,20);/q-1;+1/p+1. The van der Waals surface area contributed by atoms with E-state index in [9.17, 15) is 8.42 Å². The van der Waals surface area contributed by atoms with E-state index in [2.05, 4.69) is 16.6 Å². The molecule has 0 heterocycles. The Morgan fingerprint density at radius 1 is 1.00 bits per heavy atom. The number of hydrogen-bond donors (Lipinski definition) is 3. The summed E-state index contributed by atoms with van der Waals surface area (Å²) >= 11 is 0. The topological polar surface area (TPSA) is 128 Å². The van der Waals surface area contributed by atoms with Gasteiger partial charge in [0.15, 0.2) is 11.4 Å². The van der Waals surface area contributed by atoms with Gasteiger partial charge in [-0.3, -0.25) is 5.43 Å². The molecule has 2 rings (SSSR count). The van der Waals surface area contributed by atoms with Crippen LogP contribution in [0.3, 0.4) is 0 Å². The summed E-state index contributed by atoms with van der Waals surface area (Å²) in [4.78, 5) is -0.0660. The number of hydrogen-bond acceptors (Lipinski definition) is 6. The Morgan fingerprint density at radius 3 is 2.08 bits per heavy atom. The van der Waals surface area contributed by atoms with Crippen molar-refractivity contribution >= 4 is 27.1 Å². The first kappa shape index (κ1) is 20.2. The molecule has 0 atom stereocenters. The molecule has 0 aliphatic carbocycles. The summed E-state index contributed by atoms with van der Waals surface area (Å²) < 4.78 is 32.7. The van der Waals surface area contributed by atoms with Crippen molar-refractivity contribution in [3.05, 3.63) is 41.5 Å². The first-order valence-electron chi connectivity index (χ1n) is 6.55. The van der Waals surface area contributed by atoms with Gasteiger partial charge in [-0.05, 0) is 24.3 Å². The number of hydrazine groups is 1. The molecule has 24 heavy (non-hydrogen) atoms. The molecule has 2 aromatic rings. The minimum absolute atomic E-state index is 0. The van der Waals surface area contributed by atoms with Gasteiger partial charge in [0, 0.05) is 17.0 Å². The molecular formula is C14H18LiN4O4S+. The summed E-state index contributed by atoms with van der Waals surface area (Å²) in [7, 11) is -0.861. The fraction of sp³-hybridized carbons (Fsp3) is 0.143. The van der Waals surface area contributed by atoms with Crippen molar-refractivity contribution in [1.82, 2.24) is 0 Å². The zero-order chi connectivity index (χ0) is 17.0. The Labute approximate surface area is 152 Å². The summed E-state index contributed by atoms with van der Waals surface area (Å²) in [5, 5.41) is 7.00. The van der Waals surface area contributed by atoms with Crippen LogP contribution in [0, 0.1) is 0 Å². The van der Waals surface area contributed by atoms with Crippen molar-refractivity contribution in [3.63, 3.8) is 0 Å². The molecule has 8 nitrogen and oxygen atoms in total. The molecule has 0 aliphatic rings. The summed E-state index contributed by atoms with van der Waals surface area (Å²) in [6.45, 7) is 0. The van der Waals surface area contributed by atoms with Crippen molar-refractivity contribution in [1.29, 1.82) is 0 Å². The van der Waals surface area contributed by atoms with E-state index < -0.39 is 10.0 Å². The molecule has 0 spiro atoms. The van der Waals surface area contributed by atoms with Crippen LogP contribution in [0.15, 0.2) is 41.3 Å². The van der Waals surface area contributed by atoms with Crippen molar-refractivity contribution < 1.29 is 42.5 Å². The smallest absolute Gasteiger partial charge is 0.560 e. The van der Waals surface area contributed by atoms with Gasteiger partial charge in [-0.15, -0.1) is 0 Å². The molecule has 0 fully saturated rings. The van der Waals surface area contributed by atoms with Gasteiger partial charge in [0.25, 0.3) is 0 Å². The number of sulfonamides is 1. The monoisotopic (exact) mass is 345 g/mol. The van der Waals surface area contributed by atoms with E-state index in [-0.39, 0.29) is 23.8 Å². The first-order valence-corrected chi connectivity index (χ1v) is 8.03. The molecule has 2 aromatic carbocycles. The molecule has 0 unspecified atom stereocenters. The normalized spacial score (nSPS) is 10.5. The average molecular weight is 345 g/mol. The van der Waals surface area contributed by atoms with Crippen LogP contribution in [0.2, 0.25) is 0 Å². The summed E-state index contributed by atoms with van der Waals surface area (Å²) in [5.74, 6) is 1.18. The number of ether oxygens (including phenoxy) is 2. The third-order valence-electron chi connectivity index (χ3n) is 3.11. The van der Waals surface area contributed by atoms with Crippen LogP contribution in [-0.4, -0.2) is 22.6 Å². The second kappa shape index (κ2) is 8.28. The van der Waals surface area contributed by atoms with Crippen LogP contribution in [0.4, 0.5) is 17.1 Å². The van der Waals surface area contributed by atoms with E-state index in [1.54, 1.807) is 38.5 Å². The van der Waals surface area contributed by atoms with Gasteiger partial charge in [0.05, 0.1) is 29.9 Å². The number of benzene rings is 2. The van der Waals surface area contributed by atoms with Crippen LogP contribution in [0.1, 0.15) is 0 Å². The molecule has 0 saturated carbocycles. The third kappa shape index (κ3) is 4.80. The minimum atomic E-state index is -3.95. The van der Waals surface area contributed by atoms with Crippen LogP contribution in [0.25, 0.3) is 5.14 Å². The van der Waals surface area contributed by atoms with Gasteiger partial charge >= 0.3 is 18.9 Å². The largest absolute Gasteiger partial charge is 1.00 e. The fourth-order valence-electron chi connectivity index (χ4n) is 1.92. The summed E-state index contributed by atoms with van der Waals surface area (Å²) in [5.41, 5.74) is 11.7. The van der Waals surface area contributed by atoms with Gasteiger partial charge in [-0.1, -0.05) is 0 Å². The molecular weight excluding hydrogens is 327 g/mol. The van der Waals surface area contributed by atoms with Crippen LogP contribution >= 0.6 is 0 Å². The van der Waals surface area contributed by atoms with E-state index in [0.717, 1.165) is 0 Å².